The maximum absolute atomic E-state index is 6.11. The van der Waals surface area contributed by atoms with Gasteiger partial charge in [0.1, 0.15) is 5.01 Å². The number of aliphatic imine (C=N–C) groups is 1. The summed E-state index contributed by atoms with van der Waals surface area (Å²) in [6.45, 7) is 6.51. The Morgan fingerprint density at radius 1 is 1.37 bits per heavy atom. The van der Waals surface area contributed by atoms with Gasteiger partial charge in [-0.25, -0.2) is 4.98 Å². The van der Waals surface area contributed by atoms with Crippen molar-refractivity contribution in [1.29, 1.82) is 0 Å². The van der Waals surface area contributed by atoms with Crippen molar-refractivity contribution in [1.82, 2.24) is 15.2 Å². The highest BCUT2D eigenvalue weighted by Crippen LogP contribution is 2.18. The van der Waals surface area contributed by atoms with Crippen LogP contribution in [0.3, 0.4) is 0 Å². The van der Waals surface area contributed by atoms with Crippen LogP contribution >= 0.6 is 35.3 Å². The zero-order valence-electron chi connectivity index (χ0n) is 16.5. The third-order valence-corrected chi connectivity index (χ3v) is 6.23. The van der Waals surface area contributed by atoms with Gasteiger partial charge in [-0.1, -0.05) is 6.92 Å². The first-order valence-electron chi connectivity index (χ1n) is 9.91. The molecule has 3 heterocycles. The van der Waals surface area contributed by atoms with Gasteiger partial charge in [0.25, 0.3) is 0 Å². The summed E-state index contributed by atoms with van der Waals surface area (Å²) in [6, 6.07) is 0. The number of piperidine rings is 1. The van der Waals surface area contributed by atoms with Gasteiger partial charge >= 0.3 is 0 Å². The van der Waals surface area contributed by atoms with Crippen molar-refractivity contribution in [2.24, 2.45) is 4.99 Å². The first kappa shape index (κ1) is 22.8. The van der Waals surface area contributed by atoms with Crippen molar-refractivity contribution in [2.75, 3.05) is 33.4 Å². The minimum atomic E-state index is 0. The van der Waals surface area contributed by atoms with E-state index >= 15 is 0 Å². The molecule has 0 saturated carbocycles. The van der Waals surface area contributed by atoms with Gasteiger partial charge in [0.15, 0.2) is 5.96 Å². The summed E-state index contributed by atoms with van der Waals surface area (Å²) in [5, 5.41) is 4.57. The number of nitrogens with one attached hydrogen (secondary N) is 1. The van der Waals surface area contributed by atoms with E-state index in [1.54, 1.807) is 11.3 Å². The first-order chi connectivity index (χ1) is 12.8. The second kappa shape index (κ2) is 12.2. The minimum absolute atomic E-state index is 0. The number of halogens is 1. The van der Waals surface area contributed by atoms with E-state index in [1.807, 2.05) is 13.2 Å². The van der Waals surface area contributed by atoms with Crippen LogP contribution in [0.2, 0.25) is 0 Å². The predicted octanol–water partition coefficient (Wildman–Crippen LogP) is 3.45. The molecule has 2 saturated heterocycles. The number of guanidine groups is 1. The first-order valence-corrected chi connectivity index (χ1v) is 10.7. The van der Waals surface area contributed by atoms with E-state index in [4.69, 9.17) is 9.47 Å². The quantitative estimate of drug-likeness (QED) is 0.363. The molecule has 2 aliphatic rings. The molecule has 2 fully saturated rings. The van der Waals surface area contributed by atoms with Gasteiger partial charge in [-0.05, 0) is 38.5 Å². The zero-order valence-corrected chi connectivity index (χ0v) is 19.6. The highest BCUT2D eigenvalue weighted by molar-refractivity contribution is 14.0. The van der Waals surface area contributed by atoms with Gasteiger partial charge in [0, 0.05) is 37.8 Å². The summed E-state index contributed by atoms with van der Waals surface area (Å²) < 4.78 is 11.9. The summed E-state index contributed by atoms with van der Waals surface area (Å²) in [5.74, 6) is 0.965. The minimum Gasteiger partial charge on any atom is -0.376 e. The molecule has 0 spiro atoms. The zero-order chi connectivity index (χ0) is 18.2. The van der Waals surface area contributed by atoms with E-state index in [0.717, 1.165) is 69.5 Å². The molecule has 0 aromatic carbocycles. The Bertz CT molecular complexity index is 570. The summed E-state index contributed by atoms with van der Waals surface area (Å²) in [5.41, 5.74) is 0. The van der Waals surface area contributed by atoms with Gasteiger partial charge < -0.3 is 19.7 Å². The topological polar surface area (TPSA) is 59.0 Å². The summed E-state index contributed by atoms with van der Waals surface area (Å²) >= 11 is 1.77. The van der Waals surface area contributed by atoms with Crippen molar-refractivity contribution in [2.45, 2.75) is 64.2 Å². The van der Waals surface area contributed by atoms with Crippen LogP contribution < -0.4 is 5.32 Å². The van der Waals surface area contributed by atoms with Crippen LogP contribution in [0.1, 0.15) is 48.9 Å². The number of nitrogens with zero attached hydrogens (tertiary/aromatic N) is 3. The molecule has 3 rings (SSSR count). The lowest BCUT2D eigenvalue weighted by molar-refractivity contribution is -0.0721. The largest absolute Gasteiger partial charge is 0.376 e. The van der Waals surface area contributed by atoms with E-state index in [1.165, 1.54) is 17.7 Å². The number of hydrogen-bond acceptors (Lipinski definition) is 5. The van der Waals surface area contributed by atoms with Crippen LogP contribution in [0, 0.1) is 0 Å². The second-order valence-electron chi connectivity index (χ2n) is 6.98. The molecule has 1 N–H and O–H groups in total. The fourth-order valence-electron chi connectivity index (χ4n) is 3.50. The van der Waals surface area contributed by atoms with E-state index in [0.29, 0.717) is 12.2 Å². The Hall–Kier alpha value is -0.450. The number of hydrogen-bond donors (Lipinski definition) is 1. The van der Waals surface area contributed by atoms with Crippen molar-refractivity contribution < 1.29 is 9.47 Å². The Morgan fingerprint density at radius 2 is 2.19 bits per heavy atom. The maximum Gasteiger partial charge on any atom is 0.193 e. The Balaban J connectivity index is 0.00000261. The lowest BCUT2D eigenvalue weighted by Gasteiger charge is -2.35. The SMILES string of the molecule is CCc1cnc(CNC(=NC)N2CCC(OCC3CCCCO3)CC2)s1.I. The monoisotopic (exact) mass is 508 g/mol. The number of thiazole rings is 1. The average Bonchev–Trinajstić information content (AvgIpc) is 3.17. The fourth-order valence-corrected chi connectivity index (χ4v) is 4.30. The lowest BCUT2D eigenvalue weighted by Crippen LogP contribution is -2.47. The molecule has 8 heteroatoms. The third-order valence-electron chi connectivity index (χ3n) is 5.09. The molecular formula is C19H33IN4O2S. The molecule has 0 radical (unpaired) electrons. The molecule has 1 unspecified atom stereocenters. The molecular weight excluding hydrogens is 475 g/mol. The average molecular weight is 508 g/mol. The van der Waals surface area contributed by atoms with Gasteiger partial charge in [0.2, 0.25) is 0 Å². The molecule has 154 valence electrons. The van der Waals surface area contributed by atoms with Gasteiger partial charge in [0.05, 0.1) is 25.4 Å². The Labute approximate surface area is 184 Å². The maximum atomic E-state index is 6.11. The number of rotatable bonds is 6. The Kier molecular flexibility index (Phi) is 10.3. The number of ether oxygens (including phenoxy) is 2. The Morgan fingerprint density at radius 3 is 2.81 bits per heavy atom. The van der Waals surface area contributed by atoms with Crippen LogP contribution in [0.5, 0.6) is 0 Å². The highest BCUT2D eigenvalue weighted by atomic mass is 127. The number of aromatic nitrogens is 1. The van der Waals surface area contributed by atoms with Crippen LogP contribution in [-0.2, 0) is 22.4 Å². The fraction of sp³-hybridized carbons (Fsp3) is 0.789. The molecule has 0 amide bonds. The molecule has 1 atom stereocenters. The molecule has 0 bridgehead atoms. The molecule has 1 aromatic rings. The third kappa shape index (κ3) is 7.14. The predicted molar refractivity (Wildman–Crippen MR) is 121 cm³/mol. The second-order valence-corrected chi connectivity index (χ2v) is 8.18. The molecule has 1 aromatic heterocycles. The van der Waals surface area contributed by atoms with Gasteiger partial charge in [-0.3, -0.25) is 4.99 Å². The molecule has 0 aliphatic carbocycles. The van der Waals surface area contributed by atoms with E-state index < -0.39 is 0 Å². The molecule has 6 nitrogen and oxygen atoms in total. The summed E-state index contributed by atoms with van der Waals surface area (Å²) in [7, 11) is 1.85. The smallest absolute Gasteiger partial charge is 0.193 e. The van der Waals surface area contributed by atoms with Gasteiger partial charge in [-0.15, -0.1) is 35.3 Å². The highest BCUT2D eigenvalue weighted by Gasteiger charge is 2.23. The van der Waals surface area contributed by atoms with Crippen molar-refractivity contribution in [3.05, 3.63) is 16.1 Å². The van der Waals surface area contributed by atoms with E-state index in [-0.39, 0.29) is 24.0 Å². The van der Waals surface area contributed by atoms with E-state index in [2.05, 4.69) is 27.1 Å². The normalized spacial score (nSPS) is 21.8. The molecule has 2 aliphatic heterocycles. The van der Waals surface area contributed by atoms with Crippen molar-refractivity contribution in [3.63, 3.8) is 0 Å². The molecule has 27 heavy (non-hydrogen) atoms. The van der Waals surface area contributed by atoms with Gasteiger partial charge in [-0.2, -0.15) is 0 Å². The standard InChI is InChI=1S/C19H32N4O2S.HI/c1-3-17-12-21-18(26-17)13-22-19(20-2)23-9-7-15(8-10-23)25-14-16-6-4-5-11-24-16;/h12,15-16H,3-11,13-14H2,1-2H3,(H,20,22);1H. The van der Waals surface area contributed by atoms with Crippen LogP contribution in [0.25, 0.3) is 0 Å². The van der Waals surface area contributed by atoms with Crippen molar-refractivity contribution >= 4 is 41.3 Å². The summed E-state index contributed by atoms with van der Waals surface area (Å²) in [6.07, 6.45) is 9.38. The summed E-state index contributed by atoms with van der Waals surface area (Å²) in [4.78, 5) is 12.6. The number of aryl methyl sites for hydroxylation is 1. The van der Waals surface area contributed by atoms with Crippen LogP contribution in [-0.4, -0.2) is 61.4 Å². The van der Waals surface area contributed by atoms with E-state index in [9.17, 15) is 0 Å². The number of likely N-dealkylation sites (tertiary alicyclic amines) is 1. The van der Waals surface area contributed by atoms with Crippen molar-refractivity contribution in [3.8, 4) is 0 Å². The van der Waals surface area contributed by atoms with Crippen LogP contribution in [0.15, 0.2) is 11.2 Å². The van der Waals surface area contributed by atoms with Crippen LogP contribution in [0.4, 0.5) is 0 Å². The lowest BCUT2D eigenvalue weighted by atomic mass is 10.1.